The fourth-order valence-electron chi connectivity index (χ4n) is 1.96. The molecule has 1 N–H and O–H groups in total. The molecule has 1 heterocycles. The van der Waals surface area contributed by atoms with E-state index in [1.54, 1.807) is 24.3 Å². The molecule has 22 heavy (non-hydrogen) atoms. The van der Waals surface area contributed by atoms with E-state index in [1.807, 2.05) is 0 Å². The summed E-state index contributed by atoms with van der Waals surface area (Å²) in [7, 11) is 0. The number of para-hydroxylation sites is 1. The summed E-state index contributed by atoms with van der Waals surface area (Å²) in [6, 6.07) is 9.36. The molecule has 3 aromatic rings. The van der Waals surface area contributed by atoms with Crippen LogP contribution >= 0.6 is 0 Å². The molecule has 0 aliphatic heterocycles. The lowest BCUT2D eigenvalue weighted by atomic mass is 10.2. The predicted molar refractivity (Wildman–Crippen MR) is 76.1 cm³/mol. The number of amides is 1. The van der Waals surface area contributed by atoms with Gasteiger partial charge in [0.15, 0.2) is 11.6 Å². The van der Waals surface area contributed by atoms with Gasteiger partial charge in [0, 0.05) is 5.56 Å². The second-order valence-electron chi connectivity index (χ2n) is 4.51. The fraction of sp³-hybridized carbons (Fsp3) is 0. The van der Waals surface area contributed by atoms with Crippen LogP contribution in [0.2, 0.25) is 0 Å². The maximum atomic E-state index is 13.1. The minimum absolute atomic E-state index is 0.112. The van der Waals surface area contributed by atoms with Crippen LogP contribution in [0.25, 0.3) is 10.9 Å². The number of hydrogen-bond acceptors (Lipinski definition) is 3. The van der Waals surface area contributed by atoms with Gasteiger partial charge in [-0.15, -0.1) is 0 Å². The van der Waals surface area contributed by atoms with Crippen molar-refractivity contribution in [2.75, 3.05) is 5.43 Å². The molecule has 0 aliphatic rings. The Labute approximate surface area is 122 Å². The quantitative estimate of drug-likeness (QED) is 0.788. The molecule has 0 saturated heterocycles. The number of hydrogen-bond donors (Lipinski definition) is 1. The SMILES string of the molecule is O=C(Nn1cnc2ccccc2c1=O)c1ccc(F)c(F)c1. The highest BCUT2D eigenvalue weighted by Gasteiger charge is 2.11. The number of aromatic nitrogens is 2. The number of fused-ring (bicyclic) bond motifs is 1. The first kappa shape index (κ1) is 13.9. The molecule has 1 aromatic heterocycles. The van der Waals surface area contributed by atoms with Crippen LogP contribution in [0.5, 0.6) is 0 Å². The Hall–Kier alpha value is -3.09. The zero-order chi connectivity index (χ0) is 15.7. The summed E-state index contributed by atoms with van der Waals surface area (Å²) >= 11 is 0. The summed E-state index contributed by atoms with van der Waals surface area (Å²) in [5, 5.41) is 0.329. The number of rotatable bonds is 2. The Morgan fingerprint density at radius 1 is 1.09 bits per heavy atom. The molecular weight excluding hydrogens is 292 g/mol. The van der Waals surface area contributed by atoms with Crippen molar-refractivity contribution in [1.82, 2.24) is 9.66 Å². The fourth-order valence-corrected chi connectivity index (χ4v) is 1.96. The van der Waals surface area contributed by atoms with E-state index < -0.39 is 23.1 Å². The Balaban J connectivity index is 1.96. The topological polar surface area (TPSA) is 64.0 Å². The number of carbonyl (C=O) groups is 1. The first-order valence-electron chi connectivity index (χ1n) is 6.29. The zero-order valence-electron chi connectivity index (χ0n) is 11.1. The second-order valence-corrected chi connectivity index (χ2v) is 4.51. The summed E-state index contributed by atoms with van der Waals surface area (Å²) in [5.41, 5.74) is 2.19. The zero-order valence-corrected chi connectivity index (χ0v) is 11.1. The first-order valence-corrected chi connectivity index (χ1v) is 6.29. The second kappa shape index (κ2) is 5.36. The van der Waals surface area contributed by atoms with Gasteiger partial charge in [-0.25, -0.2) is 18.4 Å². The number of nitrogens with one attached hydrogen (secondary N) is 1. The standard InChI is InChI=1S/C15H9F2N3O2/c16-11-6-5-9(7-12(11)17)14(21)19-20-8-18-13-4-2-1-3-10(13)15(20)22/h1-8H,(H,19,21). The van der Waals surface area contributed by atoms with Crippen LogP contribution in [0.1, 0.15) is 10.4 Å². The van der Waals surface area contributed by atoms with Gasteiger partial charge < -0.3 is 0 Å². The molecule has 3 rings (SSSR count). The minimum atomic E-state index is -1.14. The highest BCUT2D eigenvalue weighted by molar-refractivity contribution is 6.00. The smallest absolute Gasteiger partial charge is 0.267 e. The van der Waals surface area contributed by atoms with E-state index in [1.165, 1.54) is 0 Å². The van der Waals surface area contributed by atoms with E-state index in [0.29, 0.717) is 10.9 Å². The predicted octanol–water partition coefficient (Wildman–Crippen LogP) is 2.06. The van der Waals surface area contributed by atoms with Gasteiger partial charge in [-0.05, 0) is 30.3 Å². The van der Waals surface area contributed by atoms with Gasteiger partial charge in [0.2, 0.25) is 0 Å². The van der Waals surface area contributed by atoms with Gasteiger partial charge >= 0.3 is 0 Å². The molecule has 7 heteroatoms. The summed E-state index contributed by atoms with van der Waals surface area (Å²) in [4.78, 5) is 28.2. The first-order chi connectivity index (χ1) is 10.6. The van der Waals surface area contributed by atoms with Crippen LogP contribution in [-0.4, -0.2) is 15.6 Å². The average Bonchev–Trinajstić information content (AvgIpc) is 2.53. The van der Waals surface area contributed by atoms with Gasteiger partial charge in [0.05, 0.1) is 10.9 Å². The largest absolute Gasteiger partial charge is 0.280 e. The van der Waals surface area contributed by atoms with Crippen molar-refractivity contribution in [2.24, 2.45) is 0 Å². The third-order valence-corrected chi connectivity index (χ3v) is 3.07. The van der Waals surface area contributed by atoms with Crippen molar-refractivity contribution in [3.63, 3.8) is 0 Å². The van der Waals surface area contributed by atoms with E-state index in [2.05, 4.69) is 10.4 Å². The number of halogens is 2. The molecule has 0 saturated carbocycles. The lowest BCUT2D eigenvalue weighted by Gasteiger charge is -2.08. The molecule has 0 aliphatic carbocycles. The summed E-state index contributed by atoms with van der Waals surface area (Å²) in [6.45, 7) is 0. The molecule has 2 aromatic carbocycles. The lowest BCUT2D eigenvalue weighted by molar-refractivity contribution is 0.101. The maximum Gasteiger partial charge on any atom is 0.280 e. The van der Waals surface area contributed by atoms with Crippen molar-refractivity contribution in [1.29, 1.82) is 0 Å². The highest BCUT2D eigenvalue weighted by atomic mass is 19.2. The van der Waals surface area contributed by atoms with E-state index in [-0.39, 0.29) is 5.56 Å². The molecule has 0 fully saturated rings. The average molecular weight is 301 g/mol. The normalized spacial score (nSPS) is 10.6. The minimum Gasteiger partial charge on any atom is -0.267 e. The van der Waals surface area contributed by atoms with Gasteiger partial charge in [-0.1, -0.05) is 12.1 Å². The van der Waals surface area contributed by atoms with Crippen molar-refractivity contribution in [2.45, 2.75) is 0 Å². The van der Waals surface area contributed by atoms with Crippen molar-refractivity contribution in [3.05, 3.63) is 76.3 Å². The van der Waals surface area contributed by atoms with Crippen LogP contribution in [0.3, 0.4) is 0 Å². The number of nitrogens with zero attached hydrogens (tertiary/aromatic N) is 2. The molecule has 0 bridgehead atoms. The Bertz CT molecular complexity index is 937. The van der Waals surface area contributed by atoms with E-state index >= 15 is 0 Å². The third-order valence-electron chi connectivity index (χ3n) is 3.07. The molecule has 0 spiro atoms. The summed E-state index contributed by atoms with van der Waals surface area (Å²) in [5.74, 6) is -2.95. The van der Waals surface area contributed by atoms with Crippen molar-refractivity contribution in [3.8, 4) is 0 Å². The Morgan fingerprint density at radius 2 is 1.86 bits per heavy atom. The molecule has 1 amide bonds. The molecule has 110 valence electrons. The van der Waals surface area contributed by atoms with E-state index in [0.717, 1.165) is 29.2 Å². The molecule has 0 unspecified atom stereocenters. The van der Waals surface area contributed by atoms with Crippen LogP contribution in [0.4, 0.5) is 8.78 Å². The summed E-state index contributed by atoms with van der Waals surface area (Å²) < 4.78 is 26.9. The Morgan fingerprint density at radius 3 is 2.64 bits per heavy atom. The van der Waals surface area contributed by atoms with Crippen LogP contribution in [0.15, 0.2) is 53.6 Å². The van der Waals surface area contributed by atoms with Gasteiger partial charge in [-0.2, -0.15) is 0 Å². The van der Waals surface area contributed by atoms with Crippen molar-refractivity contribution < 1.29 is 13.6 Å². The molecule has 5 nitrogen and oxygen atoms in total. The molecule has 0 radical (unpaired) electrons. The summed E-state index contributed by atoms with van der Waals surface area (Å²) in [6.07, 6.45) is 1.16. The van der Waals surface area contributed by atoms with E-state index in [4.69, 9.17) is 0 Å². The van der Waals surface area contributed by atoms with Crippen LogP contribution < -0.4 is 11.0 Å². The van der Waals surface area contributed by atoms with Gasteiger partial charge in [0.1, 0.15) is 6.33 Å². The van der Waals surface area contributed by atoms with Gasteiger partial charge in [0.25, 0.3) is 11.5 Å². The van der Waals surface area contributed by atoms with Crippen LogP contribution in [0, 0.1) is 11.6 Å². The van der Waals surface area contributed by atoms with Crippen molar-refractivity contribution >= 4 is 16.8 Å². The van der Waals surface area contributed by atoms with Gasteiger partial charge in [-0.3, -0.25) is 15.0 Å². The third kappa shape index (κ3) is 2.44. The Kier molecular flexibility index (Phi) is 3.38. The molecular formula is C15H9F2N3O2. The number of carbonyl (C=O) groups excluding carboxylic acids is 1. The molecule has 0 atom stereocenters. The van der Waals surface area contributed by atoms with Crippen LogP contribution in [-0.2, 0) is 0 Å². The monoisotopic (exact) mass is 301 g/mol. The lowest BCUT2D eigenvalue weighted by Crippen LogP contribution is -2.33. The maximum absolute atomic E-state index is 13.1. The number of benzene rings is 2. The van der Waals surface area contributed by atoms with E-state index in [9.17, 15) is 18.4 Å². The highest BCUT2D eigenvalue weighted by Crippen LogP contribution is 2.09.